The first-order chi connectivity index (χ1) is 5.70. The first-order valence-electron chi connectivity index (χ1n) is 4.68. The van der Waals surface area contributed by atoms with E-state index in [1.807, 2.05) is 0 Å². The van der Waals surface area contributed by atoms with Crippen LogP contribution in [0.2, 0.25) is 0 Å². The highest BCUT2D eigenvalue weighted by Crippen LogP contribution is 2.44. The highest BCUT2D eigenvalue weighted by atomic mass is 16.4. The molecule has 2 bridgehead atoms. The normalized spacial score (nSPS) is 46.1. The number of nitrogens with two attached hydrogens (primary N) is 1. The molecular weight excluding hydrogens is 154 g/mol. The highest BCUT2D eigenvalue weighted by molar-refractivity contribution is 5.71. The summed E-state index contributed by atoms with van der Waals surface area (Å²) in [7, 11) is 0. The van der Waals surface area contributed by atoms with Crippen molar-refractivity contribution in [1.82, 2.24) is 0 Å². The van der Waals surface area contributed by atoms with Crippen molar-refractivity contribution in [2.75, 3.05) is 0 Å². The van der Waals surface area contributed by atoms with E-state index < -0.39 is 5.97 Å². The van der Waals surface area contributed by atoms with E-state index in [2.05, 4.69) is 0 Å². The van der Waals surface area contributed by atoms with E-state index in [4.69, 9.17) is 10.8 Å². The summed E-state index contributed by atoms with van der Waals surface area (Å²) in [6.45, 7) is 0. The van der Waals surface area contributed by atoms with Gasteiger partial charge in [0, 0.05) is 6.04 Å². The van der Waals surface area contributed by atoms with Crippen LogP contribution in [0.1, 0.15) is 25.7 Å². The minimum Gasteiger partial charge on any atom is -0.481 e. The Morgan fingerprint density at radius 2 is 1.67 bits per heavy atom. The van der Waals surface area contributed by atoms with Crippen LogP contribution in [0.25, 0.3) is 0 Å². The molecule has 0 aromatic heterocycles. The third-order valence-electron chi connectivity index (χ3n) is 3.57. The lowest BCUT2D eigenvalue weighted by atomic mass is 9.62. The molecule has 3 rings (SSSR count). The second-order valence-corrected chi connectivity index (χ2v) is 4.12. The Kier molecular flexibility index (Phi) is 1.83. The van der Waals surface area contributed by atoms with Crippen LogP contribution in [0.15, 0.2) is 0 Å². The van der Waals surface area contributed by atoms with Crippen LogP contribution in [0, 0.1) is 17.8 Å². The van der Waals surface area contributed by atoms with Crippen LogP contribution in [-0.4, -0.2) is 17.1 Å². The summed E-state index contributed by atoms with van der Waals surface area (Å²) in [6, 6.07) is -0.0741. The molecule has 0 saturated heterocycles. The predicted molar refractivity (Wildman–Crippen MR) is 44.5 cm³/mol. The smallest absolute Gasteiger partial charge is 0.308 e. The summed E-state index contributed by atoms with van der Waals surface area (Å²) in [6.07, 6.45) is 4.45. The second kappa shape index (κ2) is 2.73. The van der Waals surface area contributed by atoms with Gasteiger partial charge < -0.3 is 10.8 Å². The maximum Gasteiger partial charge on any atom is 0.308 e. The van der Waals surface area contributed by atoms with Crippen molar-refractivity contribution in [3.8, 4) is 0 Å². The van der Waals surface area contributed by atoms with Crippen LogP contribution in [0.4, 0.5) is 0 Å². The van der Waals surface area contributed by atoms with E-state index in [0.29, 0.717) is 11.8 Å². The van der Waals surface area contributed by atoms with Gasteiger partial charge >= 0.3 is 5.97 Å². The minimum absolute atomic E-state index is 0.0741. The third-order valence-corrected chi connectivity index (χ3v) is 3.57. The molecule has 3 aliphatic carbocycles. The summed E-state index contributed by atoms with van der Waals surface area (Å²) in [5.74, 6) is -0.0898. The monoisotopic (exact) mass is 169 g/mol. The maximum absolute atomic E-state index is 10.9. The van der Waals surface area contributed by atoms with Gasteiger partial charge in [-0.05, 0) is 37.5 Å². The van der Waals surface area contributed by atoms with Gasteiger partial charge in [-0.3, -0.25) is 4.79 Å². The topological polar surface area (TPSA) is 63.3 Å². The molecule has 3 fully saturated rings. The van der Waals surface area contributed by atoms with Gasteiger partial charge in [0.05, 0.1) is 5.92 Å². The summed E-state index contributed by atoms with van der Waals surface area (Å²) < 4.78 is 0. The molecule has 0 aliphatic heterocycles. The fourth-order valence-corrected chi connectivity index (χ4v) is 2.86. The number of rotatable bonds is 1. The van der Waals surface area contributed by atoms with Gasteiger partial charge in [-0.1, -0.05) is 0 Å². The van der Waals surface area contributed by atoms with E-state index in [-0.39, 0.29) is 12.0 Å². The Morgan fingerprint density at radius 1 is 1.17 bits per heavy atom. The van der Waals surface area contributed by atoms with E-state index >= 15 is 0 Å². The Bertz CT molecular complexity index is 195. The third kappa shape index (κ3) is 1.04. The van der Waals surface area contributed by atoms with Gasteiger partial charge in [-0.15, -0.1) is 0 Å². The zero-order valence-electron chi connectivity index (χ0n) is 7.07. The van der Waals surface area contributed by atoms with Gasteiger partial charge in [-0.2, -0.15) is 0 Å². The molecule has 3 saturated carbocycles. The molecule has 0 radical (unpaired) electrons. The van der Waals surface area contributed by atoms with Crippen molar-refractivity contribution in [3.05, 3.63) is 0 Å². The van der Waals surface area contributed by atoms with Gasteiger partial charge in [0.2, 0.25) is 0 Å². The Hall–Kier alpha value is -0.570. The van der Waals surface area contributed by atoms with E-state index in [9.17, 15) is 4.79 Å². The minimum atomic E-state index is -0.683. The number of carboxylic acids is 1. The van der Waals surface area contributed by atoms with Crippen molar-refractivity contribution in [3.63, 3.8) is 0 Å². The van der Waals surface area contributed by atoms with Crippen molar-refractivity contribution in [2.24, 2.45) is 23.5 Å². The molecule has 0 aromatic carbocycles. The molecular formula is C9H15NO2. The van der Waals surface area contributed by atoms with Crippen molar-refractivity contribution >= 4 is 5.97 Å². The Labute approximate surface area is 71.9 Å². The van der Waals surface area contributed by atoms with Crippen LogP contribution >= 0.6 is 0 Å². The molecule has 0 amide bonds. The average molecular weight is 169 g/mol. The van der Waals surface area contributed by atoms with Crippen molar-refractivity contribution in [2.45, 2.75) is 31.7 Å². The number of carbonyl (C=O) groups is 1. The fraction of sp³-hybridized carbons (Fsp3) is 0.889. The average Bonchev–Trinajstić information content (AvgIpc) is 2.05. The molecule has 2 atom stereocenters. The van der Waals surface area contributed by atoms with Gasteiger partial charge in [0.1, 0.15) is 0 Å². The predicted octanol–water partition coefficient (Wildman–Crippen LogP) is 0.834. The highest BCUT2D eigenvalue weighted by Gasteiger charge is 2.45. The van der Waals surface area contributed by atoms with E-state index in [1.165, 1.54) is 0 Å². The summed E-state index contributed by atoms with van der Waals surface area (Å²) in [5, 5.41) is 8.95. The Morgan fingerprint density at radius 3 is 2.00 bits per heavy atom. The Balaban J connectivity index is 2.18. The van der Waals surface area contributed by atoms with Crippen molar-refractivity contribution in [1.29, 1.82) is 0 Å². The van der Waals surface area contributed by atoms with Crippen LogP contribution in [0.5, 0.6) is 0 Å². The molecule has 0 unspecified atom stereocenters. The van der Waals surface area contributed by atoms with Gasteiger partial charge in [0.15, 0.2) is 0 Å². The standard InChI is InChI=1S/C9H15NO2/c10-8-6-3-1-5(2-4-6)7(8)9(11)12/h5-8H,1-4,10H2,(H,11,12)/t5-,6+,7-,8-/m0/s1. The zero-order chi connectivity index (χ0) is 8.72. The van der Waals surface area contributed by atoms with Gasteiger partial charge in [-0.25, -0.2) is 0 Å². The van der Waals surface area contributed by atoms with Gasteiger partial charge in [0.25, 0.3) is 0 Å². The first-order valence-corrected chi connectivity index (χ1v) is 4.68. The first kappa shape index (κ1) is 8.05. The fourth-order valence-electron chi connectivity index (χ4n) is 2.86. The van der Waals surface area contributed by atoms with Crippen LogP contribution in [-0.2, 0) is 4.79 Å². The molecule has 0 aromatic rings. The lowest BCUT2D eigenvalue weighted by molar-refractivity contribution is -0.148. The molecule has 68 valence electrons. The molecule has 0 heterocycles. The summed E-state index contributed by atoms with van der Waals surface area (Å²) >= 11 is 0. The molecule has 3 aliphatic rings. The summed E-state index contributed by atoms with van der Waals surface area (Å²) in [4.78, 5) is 10.9. The summed E-state index contributed by atoms with van der Waals surface area (Å²) in [5.41, 5.74) is 5.88. The zero-order valence-corrected chi connectivity index (χ0v) is 7.07. The maximum atomic E-state index is 10.9. The second-order valence-electron chi connectivity index (χ2n) is 4.12. The molecule has 3 heteroatoms. The SMILES string of the molecule is N[C@H]1[C@H]2CC[C@H](CC2)[C@@H]1C(=O)O. The molecule has 3 nitrogen and oxygen atoms in total. The van der Waals surface area contributed by atoms with E-state index in [1.54, 1.807) is 0 Å². The molecule has 3 N–H and O–H groups in total. The number of carboxylic acid groups (broad SMARTS) is 1. The number of fused-ring (bicyclic) bond motifs is 3. The van der Waals surface area contributed by atoms with Crippen LogP contribution < -0.4 is 5.73 Å². The van der Waals surface area contributed by atoms with Crippen molar-refractivity contribution < 1.29 is 9.90 Å². The molecule has 12 heavy (non-hydrogen) atoms. The molecule has 0 spiro atoms. The number of hydrogen-bond donors (Lipinski definition) is 2. The largest absolute Gasteiger partial charge is 0.481 e. The van der Waals surface area contributed by atoms with E-state index in [0.717, 1.165) is 25.7 Å². The quantitative estimate of drug-likeness (QED) is 0.611. The lowest BCUT2D eigenvalue weighted by Gasteiger charge is -2.45. The number of aliphatic carboxylic acids is 1. The lowest BCUT2D eigenvalue weighted by Crippen LogP contribution is -2.52. The van der Waals surface area contributed by atoms with Crippen LogP contribution in [0.3, 0.4) is 0 Å². The number of hydrogen-bond acceptors (Lipinski definition) is 2.